The second-order valence-corrected chi connectivity index (χ2v) is 6.33. The number of rotatable bonds is 3. The minimum atomic E-state index is 0.142. The Hall–Kier alpha value is -1.25. The van der Waals surface area contributed by atoms with E-state index in [1.807, 2.05) is 13.0 Å². The molecule has 0 radical (unpaired) electrons. The second-order valence-electron chi connectivity index (χ2n) is 5.59. The highest BCUT2D eigenvalue weighted by atomic mass is 35.5. The normalized spacial score (nSPS) is 12.3. The Balaban J connectivity index is 2.35. The fourth-order valence-electron chi connectivity index (χ4n) is 2.51. The van der Waals surface area contributed by atoms with E-state index < -0.39 is 0 Å². The molecular weight excluding hydrogens is 303 g/mol. The first-order chi connectivity index (χ1) is 9.79. The highest BCUT2D eigenvalue weighted by Gasteiger charge is 2.14. The molecule has 0 bridgehead atoms. The predicted octanol–water partition coefficient (Wildman–Crippen LogP) is 5.80. The summed E-state index contributed by atoms with van der Waals surface area (Å²) in [4.78, 5) is 4.10. The van der Waals surface area contributed by atoms with Crippen molar-refractivity contribution in [2.45, 2.75) is 40.7 Å². The van der Waals surface area contributed by atoms with Crippen LogP contribution in [0.5, 0.6) is 0 Å². The zero-order valence-corrected chi connectivity index (χ0v) is 14.5. The van der Waals surface area contributed by atoms with Crippen molar-refractivity contribution in [1.29, 1.82) is 0 Å². The van der Waals surface area contributed by atoms with Gasteiger partial charge in [-0.15, -0.1) is 0 Å². The van der Waals surface area contributed by atoms with Crippen molar-refractivity contribution in [3.05, 3.63) is 56.3 Å². The quantitative estimate of drug-likeness (QED) is 0.723. The fraction of sp³-hybridized carbons (Fsp3) is 0.353. The van der Waals surface area contributed by atoms with Crippen molar-refractivity contribution in [1.82, 2.24) is 4.98 Å². The van der Waals surface area contributed by atoms with Gasteiger partial charge in [-0.3, -0.25) is 0 Å². The van der Waals surface area contributed by atoms with E-state index in [1.165, 1.54) is 22.3 Å². The number of aromatic nitrogens is 1. The molecule has 1 N–H and O–H groups in total. The van der Waals surface area contributed by atoms with Gasteiger partial charge in [-0.05, 0) is 68.5 Å². The number of anilines is 1. The molecule has 1 unspecified atom stereocenters. The van der Waals surface area contributed by atoms with Gasteiger partial charge in [0.1, 0.15) is 5.15 Å². The van der Waals surface area contributed by atoms with Gasteiger partial charge in [0.2, 0.25) is 0 Å². The summed E-state index contributed by atoms with van der Waals surface area (Å²) in [5.74, 6) is 0. The second kappa shape index (κ2) is 6.25. The maximum Gasteiger partial charge on any atom is 0.154 e. The van der Waals surface area contributed by atoms with Crippen molar-refractivity contribution in [3.8, 4) is 0 Å². The molecule has 1 heterocycles. The zero-order valence-electron chi connectivity index (χ0n) is 13.0. The molecule has 1 atom stereocenters. The van der Waals surface area contributed by atoms with Gasteiger partial charge in [0.05, 0.1) is 5.69 Å². The molecule has 0 aliphatic rings. The van der Waals surface area contributed by atoms with E-state index in [0.29, 0.717) is 10.3 Å². The summed E-state index contributed by atoms with van der Waals surface area (Å²) in [6, 6.07) is 6.41. The van der Waals surface area contributed by atoms with E-state index in [4.69, 9.17) is 23.2 Å². The van der Waals surface area contributed by atoms with Crippen LogP contribution in [0.15, 0.2) is 18.2 Å². The molecule has 0 aliphatic heterocycles. The van der Waals surface area contributed by atoms with Crippen LogP contribution in [0.4, 0.5) is 5.69 Å². The Morgan fingerprint density at radius 1 is 0.905 bits per heavy atom. The maximum absolute atomic E-state index is 6.20. The molecule has 21 heavy (non-hydrogen) atoms. The number of nitrogens with zero attached hydrogens (tertiary/aromatic N) is 1. The van der Waals surface area contributed by atoms with E-state index in [2.05, 4.69) is 50.1 Å². The SMILES string of the molecule is Cc1cc(C)c(C(C)Nc2c(C)cc(Cl)nc2Cl)cc1C. The topological polar surface area (TPSA) is 24.9 Å². The lowest BCUT2D eigenvalue weighted by Gasteiger charge is -2.21. The predicted molar refractivity (Wildman–Crippen MR) is 91.7 cm³/mol. The number of hydrogen-bond donors (Lipinski definition) is 1. The molecule has 2 rings (SSSR count). The highest BCUT2D eigenvalue weighted by Crippen LogP contribution is 2.31. The molecule has 2 aromatic rings. The van der Waals surface area contributed by atoms with Crippen LogP contribution in [0, 0.1) is 27.7 Å². The molecular formula is C17H20Cl2N2. The van der Waals surface area contributed by atoms with Gasteiger partial charge in [0.15, 0.2) is 5.15 Å². The molecule has 1 aromatic carbocycles. The zero-order chi connectivity index (χ0) is 15.7. The largest absolute Gasteiger partial charge is 0.376 e. The first-order valence-corrected chi connectivity index (χ1v) is 7.72. The number of pyridine rings is 1. The van der Waals surface area contributed by atoms with Crippen LogP contribution >= 0.6 is 23.2 Å². The summed E-state index contributed by atoms with van der Waals surface area (Å²) in [6.45, 7) is 10.5. The standard InChI is InChI=1S/C17H20Cl2N2/c1-9-6-11(3)14(7-10(9)2)13(5)20-16-12(4)8-15(18)21-17(16)19/h6-8,13,20H,1-5H3. The van der Waals surface area contributed by atoms with Crippen LogP contribution < -0.4 is 5.32 Å². The Bertz CT molecular complexity index is 658. The van der Waals surface area contributed by atoms with Crippen molar-refractivity contribution in [2.75, 3.05) is 5.32 Å². The third-order valence-electron chi connectivity index (χ3n) is 3.85. The molecule has 0 spiro atoms. The summed E-state index contributed by atoms with van der Waals surface area (Å²) in [5, 5.41) is 4.28. The maximum atomic E-state index is 6.20. The number of halogens is 2. The molecule has 2 nitrogen and oxygen atoms in total. The van der Waals surface area contributed by atoms with Crippen molar-refractivity contribution in [2.24, 2.45) is 0 Å². The fourth-order valence-corrected chi connectivity index (χ4v) is 3.10. The van der Waals surface area contributed by atoms with Crippen LogP contribution in [-0.2, 0) is 0 Å². The average molecular weight is 323 g/mol. The van der Waals surface area contributed by atoms with Crippen LogP contribution in [0.2, 0.25) is 10.3 Å². The van der Waals surface area contributed by atoms with E-state index >= 15 is 0 Å². The molecule has 0 saturated carbocycles. The first kappa shape index (κ1) is 16.1. The van der Waals surface area contributed by atoms with Gasteiger partial charge in [-0.1, -0.05) is 35.3 Å². The Morgan fingerprint density at radius 3 is 2.14 bits per heavy atom. The van der Waals surface area contributed by atoms with E-state index in [1.54, 1.807) is 0 Å². The number of hydrogen-bond acceptors (Lipinski definition) is 2. The lowest BCUT2D eigenvalue weighted by molar-refractivity contribution is 0.867. The summed E-state index contributed by atoms with van der Waals surface area (Å²) in [7, 11) is 0. The molecule has 0 fully saturated rings. The average Bonchev–Trinajstić information content (AvgIpc) is 2.37. The van der Waals surface area contributed by atoms with Crippen molar-refractivity contribution >= 4 is 28.9 Å². The van der Waals surface area contributed by atoms with Gasteiger partial charge in [0.25, 0.3) is 0 Å². The van der Waals surface area contributed by atoms with Crippen molar-refractivity contribution < 1.29 is 0 Å². The van der Waals surface area contributed by atoms with Crippen molar-refractivity contribution in [3.63, 3.8) is 0 Å². The van der Waals surface area contributed by atoms with Crippen LogP contribution in [0.3, 0.4) is 0 Å². The molecule has 0 amide bonds. The summed E-state index contributed by atoms with van der Waals surface area (Å²) in [5.41, 5.74) is 6.98. The number of aryl methyl sites for hydroxylation is 4. The van der Waals surface area contributed by atoms with Crippen LogP contribution in [0.1, 0.15) is 40.8 Å². The minimum Gasteiger partial charge on any atom is -0.376 e. The van der Waals surface area contributed by atoms with E-state index in [9.17, 15) is 0 Å². The van der Waals surface area contributed by atoms with Crippen LogP contribution in [0.25, 0.3) is 0 Å². The first-order valence-electron chi connectivity index (χ1n) is 6.96. The molecule has 112 valence electrons. The van der Waals surface area contributed by atoms with Gasteiger partial charge >= 0.3 is 0 Å². The molecule has 0 saturated heterocycles. The number of benzene rings is 1. The van der Waals surface area contributed by atoms with E-state index in [-0.39, 0.29) is 6.04 Å². The lowest BCUT2D eigenvalue weighted by Crippen LogP contribution is -2.11. The Labute approximate surface area is 136 Å². The van der Waals surface area contributed by atoms with Gasteiger partial charge < -0.3 is 5.32 Å². The van der Waals surface area contributed by atoms with E-state index in [0.717, 1.165) is 11.3 Å². The summed E-state index contributed by atoms with van der Waals surface area (Å²) < 4.78 is 0. The van der Waals surface area contributed by atoms with Gasteiger partial charge in [-0.2, -0.15) is 0 Å². The third-order valence-corrected chi connectivity index (χ3v) is 4.32. The van der Waals surface area contributed by atoms with Gasteiger partial charge in [0, 0.05) is 6.04 Å². The molecule has 0 aliphatic carbocycles. The lowest BCUT2D eigenvalue weighted by atomic mass is 9.96. The van der Waals surface area contributed by atoms with Gasteiger partial charge in [-0.25, -0.2) is 4.98 Å². The third kappa shape index (κ3) is 3.50. The Morgan fingerprint density at radius 2 is 1.52 bits per heavy atom. The summed E-state index contributed by atoms with van der Waals surface area (Å²) in [6.07, 6.45) is 0. The minimum absolute atomic E-state index is 0.142. The highest BCUT2D eigenvalue weighted by molar-refractivity contribution is 6.34. The summed E-state index contributed by atoms with van der Waals surface area (Å²) >= 11 is 12.1. The van der Waals surface area contributed by atoms with Crippen LogP contribution in [-0.4, -0.2) is 4.98 Å². The molecule has 1 aromatic heterocycles. The Kier molecular flexibility index (Phi) is 4.80. The molecule has 4 heteroatoms. The smallest absolute Gasteiger partial charge is 0.154 e. The monoisotopic (exact) mass is 322 g/mol. The number of nitrogens with one attached hydrogen (secondary N) is 1.